The first-order valence-electron chi connectivity index (χ1n) is 11.8. The van der Waals surface area contributed by atoms with E-state index in [0.717, 1.165) is 36.8 Å². The van der Waals surface area contributed by atoms with E-state index < -0.39 is 10.0 Å². The lowest BCUT2D eigenvalue weighted by Crippen LogP contribution is -2.44. The predicted molar refractivity (Wildman–Crippen MR) is 134 cm³/mol. The van der Waals surface area contributed by atoms with Crippen molar-refractivity contribution in [2.24, 2.45) is 0 Å². The van der Waals surface area contributed by atoms with E-state index in [1.54, 1.807) is 24.3 Å². The molecule has 0 radical (unpaired) electrons. The standard InChI is InChI=1S/C26H35ClN2O3S/c1-19-15-20(2)26(21(3)16-19)33(31,32)29(17-22-11-13-23(27)14-12-22)18-25(30)28-24-9-7-5-4-6-8-10-24/h11-16,24H,4-10,17-18H2,1-3H3,(H,28,30). The Morgan fingerprint density at radius 2 is 1.52 bits per heavy atom. The summed E-state index contributed by atoms with van der Waals surface area (Å²) in [6, 6.07) is 10.9. The van der Waals surface area contributed by atoms with Gasteiger partial charge in [0.2, 0.25) is 15.9 Å². The fourth-order valence-electron chi connectivity index (χ4n) is 4.76. The van der Waals surface area contributed by atoms with E-state index in [0.29, 0.717) is 16.1 Å². The van der Waals surface area contributed by atoms with Gasteiger partial charge in [0.25, 0.3) is 0 Å². The molecule has 0 unspecified atom stereocenters. The van der Waals surface area contributed by atoms with Crippen molar-refractivity contribution in [1.29, 1.82) is 0 Å². The number of nitrogens with zero attached hydrogens (tertiary/aromatic N) is 1. The van der Waals surface area contributed by atoms with Gasteiger partial charge in [-0.2, -0.15) is 4.31 Å². The minimum absolute atomic E-state index is 0.102. The van der Waals surface area contributed by atoms with Gasteiger partial charge in [-0.15, -0.1) is 0 Å². The van der Waals surface area contributed by atoms with Crippen molar-refractivity contribution in [2.45, 2.75) is 83.2 Å². The molecule has 1 aliphatic rings. The number of rotatable bonds is 7. The molecule has 2 aromatic rings. The summed E-state index contributed by atoms with van der Waals surface area (Å²) >= 11 is 6.01. The summed E-state index contributed by atoms with van der Waals surface area (Å²) in [6.45, 7) is 5.45. The maximum Gasteiger partial charge on any atom is 0.244 e. The Kier molecular flexibility index (Phi) is 8.96. The fraction of sp³-hybridized carbons (Fsp3) is 0.500. The summed E-state index contributed by atoms with van der Waals surface area (Å²) in [4.78, 5) is 13.3. The van der Waals surface area contributed by atoms with E-state index in [2.05, 4.69) is 5.32 Å². The van der Waals surface area contributed by atoms with E-state index in [-0.39, 0.29) is 29.9 Å². The number of sulfonamides is 1. The van der Waals surface area contributed by atoms with Gasteiger partial charge in [0, 0.05) is 17.6 Å². The van der Waals surface area contributed by atoms with Crippen LogP contribution in [0.25, 0.3) is 0 Å². The van der Waals surface area contributed by atoms with Gasteiger partial charge in [-0.05, 0) is 62.4 Å². The van der Waals surface area contributed by atoms with Crippen LogP contribution in [0.15, 0.2) is 41.3 Å². The first-order chi connectivity index (χ1) is 15.7. The fourth-order valence-corrected chi connectivity index (χ4v) is 6.68. The smallest absolute Gasteiger partial charge is 0.244 e. The summed E-state index contributed by atoms with van der Waals surface area (Å²) in [6.07, 6.45) is 7.73. The monoisotopic (exact) mass is 490 g/mol. The van der Waals surface area contributed by atoms with Gasteiger partial charge >= 0.3 is 0 Å². The molecule has 0 aromatic heterocycles. The van der Waals surface area contributed by atoms with Crippen LogP contribution in [-0.2, 0) is 21.4 Å². The summed E-state index contributed by atoms with van der Waals surface area (Å²) in [5.74, 6) is -0.250. The van der Waals surface area contributed by atoms with Gasteiger partial charge in [-0.3, -0.25) is 4.79 Å². The Bertz CT molecular complexity index is 1040. The molecule has 1 amide bonds. The number of benzene rings is 2. The molecule has 180 valence electrons. The number of amides is 1. The predicted octanol–water partition coefficient (Wildman–Crippen LogP) is 5.69. The number of nitrogens with one attached hydrogen (secondary N) is 1. The Hall–Kier alpha value is -1.89. The Morgan fingerprint density at radius 1 is 0.970 bits per heavy atom. The van der Waals surface area contributed by atoms with Crippen LogP contribution in [0.2, 0.25) is 5.02 Å². The average Bonchev–Trinajstić information content (AvgIpc) is 2.70. The molecule has 0 heterocycles. The second-order valence-electron chi connectivity index (χ2n) is 9.24. The summed E-state index contributed by atoms with van der Waals surface area (Å²) in [5.41, 5.74) is 3.17. The molecule has 1 aliphatic carbocycles. The third-order valence-corrected chi connectivity index (χ3v) is 8.61. The molecule has 0 spiro atoms. The van der Waals surface area contributed by atoms with E-state index in [1.165, 1.54) is 23.6 Å². The van der Waals surface area contributed by atoms with Crippen molar-refractivity contribution in [3.8, 4) is 0 Å². The molecule has 33 heavy (non-hydrogen) atoms. The van der Waals surface area contributed by atoms with Crippen molar-refractivity contribution >= 4 is 27.5 Å². The van der Waals surface area contributed by atoms with Crippen molar-refractivity contribution in [1.82, 2.24) is 9.62 Å². The van der Waals surface area contributed by atoms with E-state index in [4.69, 9.17) is 11.6 Å². The number of aryl methyl sites for hydroxylation is 3. The van der Waals surface area contributed by atoms with Gasteiger partial charge in [0.05, 0.1) is 11.4 Å². The minimum atomic E-state index is -3.90. The van der Waals surface area contributed by atoms with E-state index >= 15 is 0 Å². The third-order valence-electron chi connectivity index (χ3n) is 6.26. The average molecular weight is 491 g/mol. The zero-order chi connectivity index (χ0) is 24.0. The number of hydrogen-bond donors (Lipinski definition) is 1. The molecule has 1 N–H and O–H groups in total. The van der Waals surface area contributed by atoms with Crippen LogP contribution >= 0.6 is 11.6 Å². The van der Waals surface area contributed by atoms with Gasteiger partial charge in [-0.1, -0.05) is 73.5 Å². The minimum Gasteiger partial charge on any atom is -0.352 e. The van der Waals surface area contributed by atoms with Crippen molar-refractivity contribution < 1.29 is 13.2 Å². The number of carbonyl (C=O) groups is 1. The zero-order valence-corrected chi connectivity index (χ0v) is 21.4. The van der Waals surface area contributed by atoms with Gasteiger partial charge in [0.1, 0.15) is 0 Å². The Morgan fingerprint density at radius 3 is 2.09 bits per heavy atom. The molecule has 7 heteroatoms. The molecular formula is C26H35ClN2O3S. The molecule has 3 rings (SSSR count). The van der Waals surface area contributed by atoms with Gasteiger partial charge in [0.15, 0.2) is 0 Å². The molecular weight excluding hydrogens is 456 g/mol. The SMILES string of the molecule is Cc1cc(C)c(S(=O)(=O)N(CC(=O)NC2CCCCCCC2)Cc2ccc(Cl)cc2)c(C)c1. The lowest BCUT2D eigenvalue weighted by molar-refractivity contribution is -0.122. The summed E-state index contributed by atoms with van der Waals surface area (Å²) < 4.78 is 28.9. The van der Waals surface area contributed by atoms with Crippen LogP contribution in [0.5, 0.6) is 0 Å². The topological polar surface area (TPSA) is 66.5 Å². The van der Waals surface area contributed by atoms with Gasteiger partial charge < -0.3 is 5.32 Å². The lowest BCUT2D eigenvalue weighted by atomic mass is 9.97. The normalized spacial score (nSPS) is 15.8. The van der Waals surface area contributed by atoms with Crippen molar-refractivity contribution in [2.75, 3.05) is 6.54 Å². The molecule has 0 bridgehead atoms. The molecule has 5 nitrogen and oxygen atoms in total. The summed E-state index contributed by atoms with van der Waals surface area (Å²) in [5, 5.41) is 3.69. The molecule has 2 aromatic carbocycles. The van der Waals surface area contributed by atoms with Crippen molar-refractivity contribution in [3.63, 3.8) is 0 Å². The summed E-state index contributed by atoms with van der Waals surface area (Å²) in [7, 11) is -3.90. The molecule has 0 aliphatic heterocycles. The Labute approximate surface area is 203 Å². The molecule has 0 saturated heterocycles. The quantitative estimate of drug-likeness (QED) is 0.542. The first-order valence-corrected chi connectivity index (χ1v) is 13.6. The highest BCUT2D eigenvalue weighted by Crippen LogP contribution is 2.27. The van der Waals surface area contributed by atoms with Crippen LogP contribution in [0.1, 0.15) is 67.2 Å². The highest BCUT2D eigenvalue weighted by molar-refractivity contribution is 7.89. The second-order valence-corrected chi connectivity index (χ2v) is 11.5. The largest absolute Gasteiger partial charge is 0.352 e. The van der Waals surface area contributed by atoms with E-state index in [9.17, 15) is 13.2 Å². The van der Waals surface area contributed by atoms with Crippen LogP contribution in [0, 0.1) is 20.8 Å². The van der Waals surface area contributed by atoms with Crippen molar-refractivity contribution in [3.05, 3.63) is 63.7 Å². The Balaban J connectivity index is 1.87. The highest BCUT2D eigenvalue weighted by atomic mass is 35.5. The van der Waals surface area contributed by atoms with Crippen LogP contribution in [0.3, 0.4) is 0 Å². The molecule has 1 fully saturated rings. The lowest BCUT2D eigenvalue weighted by Gasteiger charge is -2.26. The second kappa shape index (κ2) is 11.5. The number of carbonyl (C=O) groups excluding carboxylic acids is 1. The number of hydrogen-bond acceptors (Lipinski definition) is 3. The first kappa shape index (κ1) is 25.7. The maximum absolute atomic E-state index is 13.8. The van der Waals surface area contributed by atoms with Crippen LogP contribution < -0.4 is 5.32 Å². The van der Waals surface area contributed by atoms with Crippen LogP contribution in [-0.4, -0.2) is 31.2 Å². The number of halogens is 1. The third kappa shape index (κ3) is 7.05. The van der Waals surface area contributed by atoms with Gasteiger partial charge in [-0.25, -0.2) is 8.42 Å². The maximum atomic E-state index is 13.8. The van der Waals surface area contributed by atoms with E-state index in [1.807, 2.05) is 32.9 Å². The highest BCUT2D eigenvalue weighted by Gasteiger charge is 2.30. The molecule has 1 saturated carbocycles. The zero-order valence-electron chi connectivity index (χ0n) is 19.9. The van der Waals surface area contributed by atoms with Crippen LogP contribution in [0.4, 0.5) is 0 Å². The molecule has 0 atom stereocenters.